The molecule has 0 bridgehead atoms. The number of pyridine rings is 1. The Kier molecular flexibility index (Phi) is 3.74. The maximum atomic E-state index is 6.57. The molecule has 0 amide bonds. The average Bonchev–Trinajstić information content (AvgIpc) is 2.67. The lowest BCUT2D eigenvalue weighted by Crippen LogP contribution is -2.32. The number of fused-ring (bicyclic) bond motifs is 3. The fraction of sp³-hybridized carbons (Fsp3) is 0.269. The summed E-state index contributed by atoms with van der Waals surface area (Å²) in [7, 11) is 2.13. The SMILES string of the molecule is Cc1c2c(c(C)c3c(CC(C)C)cccc13)Oc1cccc3cc[n+](C)c-2c13. The lowest BCUT2D eigenvalue weighted by atomic mass is 9.86. The minimum absolute atomic E-state index is 0.620. The summed E-state index contributed by atoms with van der Waals surface area (Å²) in [5, 5.41) is 5.14. The van der Waals surface area contributed by atoms with Crippen LogP contribution < -0.4 is 9.30 Å². The van der Waals surface area contributed by atoms with Gasteiger partial charge < -0.3 is 4.74 Å². The highest BCUT2D eigenvalue weighted by Crippen LogP contribution is 2.50. The molecule has 0 atom stereocenters. The largest absolute Gasteiger partial charge is 0.455 e. The molecule has 5 rings (SSSR count). The van der Waals surface area contributed by atoms with E-state index in [-0.39, 0.29) is 0 Å². The van der Waals surface area contributed by atoms with Crippen molar-refractivity contribution in [2.75, 3.05) is 0 Å². The molecule has 2 nitrogen and oxygen atoms in total. The number of hydrogen-bond donors (Lipinski definition) is 0. The predicted octanol–water partition coefficient (Wildman–Crippen LogP) is 6.41. The van der Waals surface area contributed by atoms with Gasteiger partial charge in [-0.1, -0.05) is 44.2 Å². The summed E-state index contributed by atoms with van der Waals surface area (Å²) in [5.41, 5.74) is 6.46. The highest BCUT2D eigenvalue weighted by atomic mass is 16.5. The van der Waals surface area contributed by atoms with Crippen LogP contribution in [0.2, 0.25) is 0 Å². The molecule has 0 fully saturated rings. The number of rotatable bonds is 2. The first-order valence-corrected chi connectivity index (χ1v) is 10.1. The van der Waals surface area contributed by atoms with Crippen LogP contribution in [0.4, 0.5) is 0 Å². The van der Waals surface area contributed by atoms with E-state index in [1.807, 2.05) is 0 Å². The molecule has 0 aliphatic carbocycles. The van der Waals surface area contributed by atoms with Crippen LogP contribution in [0.1, 0.15) is 30.5 Å². The van der Waals surface area contributed by atoms with Crippen molar-refractivity contribution in [2.45, 2.75) is 34.1 Å². The molecule has 2 heterocycles. The van der Waals surface area contributed by atoms with Crippen LogP contribution in [0.3, 0.4) is 0 Å². The van der Waals surface area contributed by atoms with Crippen LogP contribution in [0.25, 0.3) is 32.8 Å². The average molecular weight is 369 g/mol. The lowest BCUT2D eigenvalue weighted by molar-refractivity contribution is -0.659. The zero-order valence-electron chi connectivity index (χ0n) is 17.3. The van der Waals surface area contributed by atoms with Gasteiger partial charge >= 0.3 is 0 Å². The minimum atomic E-state index is 0.620. The van der Waals surface area contributed by atoms with Crippen molar-refractivity contribution >= 4 is 21.5 Å². The Labute approximate surface area is 166 Å². The van der Waals surface area contributed by atoms with Gasteiger partial charge in [-0.25, -0.2) is 4.57 Å². The van der Waals surface area contributed by atoms with Gasteiger partial charge in [0.05, 0.1) is 10.9 Å². The summed E-state index contributed by atoms with van der Waals surface area (Å²) in [6, 6.07) is 15.3. The molecule has 2 heteroatoms. The van der Waals surface area contributed by atoms with E-state index >= 15 is 0 Å². The van der Waals surface area contributed by atoms with Crippen LogP contribution in [0.15, 0.2) is 48.7 Å². The number of aryl methyl sites for hydroxylation is 3. The first kappa shape index (κ1) is 17.2. The van der Waals surface area contributed by atoms with Gasteiger partial charge in [0.1, 0.15) is 18.5 Å². The maximum Gasteiger partial charge on any atom is 0.228 e. The molecule has 0 radical (unpaired) electrons. The van der Waals surface area contributed by atoms with Crippen molar-refractivity contribution in [3.8, 4) is 22.8 Å². The van der Waals surface area contributed by atoms with Crippen LogP contribution in [-0.2, 0) is 13.5 Å². The van der Waals surface area contributed by atoms with E-state index in [1.54, 1.807) is 0 Å². The van der Waals surface area contributed by atoms with Crippen molar-refractivity contribution < 1.29 is 9.30 Å². The molecule has 1 aliphatic heterocycles. The molecule has 140 valence electrons. The molecular weight excluding hydrogens is 342 g/mol. The first-order chi connectivity index (χ1) is 13.5. The molecular formula is C26H26NO+. The van der Waals surface area contributed by atoms with Crippen molar-refractivity contribution in [1.82, 2.24) is 0 Å². The lowest BCUT2D eigenvalue weighted by Gasteiger charge is -2.25. The Bertz CT molecular complexity index is 1270. The molecule has 1 aliphatic rings. The first-order valence-electron chi connectivity index (χ1n) is 10.1. The number of nitrogens with zero attached hydrogens (tertiary/aromatic N) is 1. The van der Waals surface area contributed by atoms with E-state index in [1.165, 1.54) is 49.5 Å². The van der Waals surface area contributed by atoms with Gasteiger partial charge in [0.2, 0.25) is 5.69 Å². The van der Waals surface area contributed by atoms with Gasteiger partial charge in [-0.05, 0) is 59.5 Å². The molecule has 0 saturated heterocycles. The Balaban J connectivity index is 1.95. The Morgan fingerprint density at radius 1 is 0.929 bits per heavy atom. The van der Waals surface area contributed by atoms with Crippen molar-refractivity contribution in [1.29, 1.82) is 0 Å². The maximum absolute atomic E-state index is 6.57. The highest BCUT2D eigenvalue weighted by Gasteiger charge is 2.31. The summed E-state index contributed by atoms with van der Waals surface area (Å²) in [5.74, 6) is 2.59. The molecule has 0 unspecified atom stereocenters. The third-order valence-electron chi connectivity index (χ3n) is 6.08. The summed E-state index contributed by atoms with van der Waals surface area (Å²) in [6.07, 6.45) is 3.24. The number of hydrogen-bond acceptors (Lipinski definition) is 1. The number of aromatic nitrogens is 1. The normalized spacial score (nSPS) is 12.5. The van der Waals surface area contributed by atoms with Gasteiger partial charge in [-0.2, -0.15) is 0 Å². The summed E-state index contributed by atoms with van der Waals surface area (Å²) >= 11 is 0. The molecule has 0 spiro atoms. The minimum Gasteiger partial charge on any atom is -0.455 e. The van der Waals surface area contributed by atoms with Crippen LogP contribution >= 0.6 is 0 Å². The van der Waals surface area contributed by atoms with Gasteiger partial charge in [0.25, 0.3) is 0 Å². The standard InChI is InChI=1S/C26H26NO/c1-15(2)14-19-9-6-10-20-16(3)23-25-24-18(12-13-27(25)5)8-7-11-21(24)28-26(23)17(4)22(19)20/h6-13,15H,14H2,1-5H3/q+1. The molecule has 0 saturated carbocycles. The Hall–Kier alpha value is -2.87. The number of ether oxygens (including phenoxy) is 1. The summed E-state index contributed by atoms with van der Waals surface area (Å²) in [6.45, 7) is 9.04. The predicted molar refractivity (Wildman–Crippen MR) is 116 cm³/mol. The highest BCUT2D eigenvalue weighted by molar-refractivity contribution is 6.07. The van der Waals surface area contributed by atoms with E-state index in [9.17, 15) is 0 Å². The van der Waals surface area contributed by atoms with Crippen molar-refractivity contribution in [2.24, 2.45) is 13.0 Å². The van der Waals surface area contributed by atoms with Gasteiger partial charge in [0.15, 0.2) is 6.20 Å². The van der Waals surface area contributed by atoms with E-state index < -0.39 is 0 Å². The fourth-order valence-corrected chi connectivity index (χ4v) is 4.86. The van der Waals surface area contributed by atoms with Crippen molar-refractivity contribution in [3.63, 3.8) is 0 Å². The van der Waals surface area contributed by atoms with E-state index in [4.69, 9.17) is 4.74 Å². The molecule has 1 aromatic heterocycles. The summed E-state index contributed by atoms with van der Waals surface area (Å²) in [4.78, 5) is 0. The quantitative estimate of drug-likeness (QED) is 0.328. The molecule has 4 aromatic rings. The topological polar surface area (TPSA) is 13.1 Å². The smallest absolute Gasteiger partial charge is 0.228 e. The second-order valence-corrected chi connectivity index (χ2v) is 8.49. The zero-order valence-corrected chi connectivity index (χ0v) is 17.3. The van der Waals surface area contributed by atoms with Gasteiger partial charge in [-0.15, -0.1) is 0 Å². The van der Waals surface area contributed by atoms with E-state index in [0.717, 1.165) is 17.9 Å². The Morgan fingerprint density at radius 2 is 1.71 bits per heavy atom. The zero-order chi connectivity index (χ0) is 19.6. The Morgan fingerprint density at radius 3 is 2.50 bits per heavy atom. The van der Waals surface area contributed by atoms with E-state index in [0.29, 0.717) is 5.92 Å². The van der Waals surface area contributed by atoms with E-state index in [2.05, 4.69) is 88.0 Å². The van der Waals surface area contributed by atoms with Crippen LogP contribution in [-0.4, -0.2) is 0 Å². The third kappa shape index (κ3) is 2.30. The molecule has 28 heavy (non-hydrogen) atoms. The fourth-order valence-electron chi connectivity index (χ4n) is 4.86. The second kappa shape index (κ2) is 6.07. The number of benzene rings is 3. The van der Waals surface area contributed by atoms with Gasteiger partial charge in [-0.3, -0.25) is 0 Å². The third-order valence-corrected chi connectivity index (χ3v) is 6.08. The van der Waals surface area contributed by atoms with Gasteiger partial charge in [0, 0.05) is 11.6 Å². The van der Waals surface area contributed by atoms with Crippen LogP contribution in [0.5, 0.6) is 11.5 Å². The molecule has 3 aromatic carbocycles. The van der Waals surface area contributed by atoms with Crippen LogP contribution in [0, 0.1) is 19.8 Å². The monoisotopic (exact) mass is 368 g/mol. The summed E-state index contributed by atoms with van der Waals surface area (Å²) < 4.78 is 8.81. The second-order valence-electron chi connectivity index (χ2n) is 8.49. The molecule has 0 N–H and O–H groups in total. The van der Waals surface area contributed by atoms with Crippen molar-refractivity contribution in [3.05, 3.63) is 65.4 Å².